The minimum atomic E-state index is -0.548. The second kappa shape index (κ2) is 11.2. The Bertz CT molecular complexity index is 1190. The molecule has 0 fully saturated rings. The summed E-state index contributed by atoms with van der Waals surface area (Å²) in [5.41, 5.74) is 1.55. The van der Waals surface area contributed by atoms with Crippen molar-refractivity contribution in [3.8, 4) is 0 Å². The summed E-state index contributed by atoms with van der Waals surface area (Å²) in [5, 5.41) is 7.95. The summed E-state index contributed by atoms with van der Waals surface area (Å²) in [7, 11) is 0. The number of amides is 3. The van der Waals surface area contributed by atoms with Gasteiger partial charge in [0.05, 0.1) is 10.6 Å². The molecular weight excluding hydrogens is 452 g/mol. The van der Waals surface area contributed by atoms with Crippen molar-refractivity contribution >= 4 is 35.0 Å². The van der Waals surface area contributed by atoms with Crippen LogP contribution >= 0.6 is 11.6 Å². The topological polar surface area (TPSA) is 87.3 Å². The van der Waals surface area contributed by atoms with Crippen LogP contribution in [0.1, 0.15) is 32.7 Å². The van der Waals surface area contributed by atoms with Crippen LogP contribution in [0.5, 0.6) is 0 Å². The maximum Gasteiger partial charge on any atom is 0.255 e. The molecule has 3 amide bonds. The molecule has 9 heteroatoms. The first-order valence-corrected chi connectivity index (χ1v) is 10.4. The third-order valence-electron chi connectivity index (χ3n) is 4.57. The third-order valence-corrected chi connectivity index (χ3v) is 4.89. The van der Waals surface area contributed by atoms with E-state index in [-0.39, 0.29) is 41.6 Å². The number of nitrogens with one attached hydrogen (secondary N) is 3. The summed E-state index contributed by atoms with van der Waals surface area (Å²) in [4.78, 5) is 36.4. The van der Waals surface area contributed by atoms with E-state index in [1.165, 1.54) is 24.3 Å². The average Bonchev–Trinajstić information content (AvgIpc) is 2.78. The van der Waals surface area contributed by atoms with Crippen LogP contribution in [0.3, 0.4) is 0 Å². The van der Waals surface area contributed by atoms with E-state index >= 15 is 0 Å². The highest BCUT2D eigenvalue weighted by Gasteiger charge is 2.12. The van der Waals surface area contributed by atoms with Crippen LogP contribution < -0.4 is 16.0 Å². The highest BCUT2D eigenvalue weighted by atomic mass is 35.5. The largest absolute Gasteiger partial charge is 0.352 e. The van der Waals surface area contributed by atoms with Gasteiger partial charge in [-0.2, -0.15) is 0 Å². The van der Waals surface area contributed by atoms with E-state index in [2.05, 4.69) is 16.0 Å². The van der Waals surface area contributed by atoms with E-state index in [0.29, 0.717) is 5.69 Å². The van der Waals surface area contributed by atoms with Gasteiger partial charge in [0.2, 0.25) is 5.91 Å². The van der Waals surface area contributed by atoms with Gasteiger partial charge in [-0.1, -0.05) is 29.8 Å². The molecule has 170 valence electrons. The molecule has 0 atom stereocenters. The molecule has 0 aliphatic carbocycles. The molecule has 0 heterocycles. The zero-order valence-electron chi connectivity index (χ0n) is 17.3. The summed E-state index contributed by atoms with van der Waals surface area (Å²) >= 11 is 5.85. The number of halogens is 3. The maximum absolute atomic E-state index is 13.3. The lowest BCUT2D eigenvalue weighted by atomic mass is 10.1. The Labute approximate surface area is 194 Å². The quantitative estimate of drug-likeness (QED) is 0.457. The van der Waals surface area contributed by atoms with Crippen molar-refractivity contribution < 1.29 is 23.2 Å². The lowest BCUT2D eigenvalue weighted by Crippen LogP contribution is -2.30. The zero-order chi connectivity index (χ0) is 23.8. The molecule has 0 bridgehead atoms. The normalized spacial score (nSPS) is 10.4. The number of carbonyl (C=O) groups is 3. The van der Waals surface area contributed by atoms with Crippen LogP contribution in [0.4, 0.5) is 14.5 Å². The number of benzene rings is 3. The third kappa shape index (κ3) is 7.11. The van der Waals surface area contributed by atoms with E-state index < -0.39 is 23.4 Å². The number of hydrogen-bond donors (Lipinski definition) is 3. The second-order valence-electron chi connectivity index (χ2n) is 7.07. The SMILES string of the molecule is O=C(CCNC(=O)c1ccc(F)cc1Cl)NCc1cccc(NC(=O)c2cccc(F)c2)c1. The van der Waals surface area contributed by atoms with E-state index in [9.17, 15) is 23.2 Å². The van der Waals surface area contributed by atoms with Crippen molar-refractivity contribution in [2.75, 3.05) is 11.9 Å². The Hall–Kier alpha value is -3.78. The van der Waals surface area contributed by atoms with Crippen molar-refractivity contribution in [2.45, 2.75) is 13.0 Å². The standard InChI is InChI=1S/C24H20ClF2N3O3/c25-21-13-18(27)7-8-20(21)24(33)28-10-9-22(31)29-14-15-3-1-6-19(11-15)30-23(32)16-4-2-5-17(26)12-16/h1-8,11-13H,9-10,14H2,(H,28,33)(H,29,31)(H,30,32). The Balaban J connectivity index is 1.45. The molecule has 33 heavy (non-hydrogen) atoms. The molecule has 3 rings (SSSR count). The summed E-state index contributed by atoms with van der Waals surface area (Å²) < 4.78 is 26.4. The van der Waals surface area contributed by atoms with Gasteiger partial charge in [0.25, 0.3) is 11.8 Å². The fourth-order valence-electron chi connectivity index (χ4n) is 2.94. The molecule has 0 aliphatic heterocycles. The summed E-state index contributed by atoms with van der Waals surface area (Å²) in [5.74, 6) is -2.30. The molecule has 6 nitrogen and oxygen atoms in total. The van der Waals surface area contributed by atoms with E-state index in [4.69, 9.17) is 11.6 Å². The highest BCUT2D eigenvalue weighted by Crippen LogP contribution is 2.17. The first-order chi connectivity index (χ1) is 15.8. The predicted octanol–water partition coefficient (Wildman–Crippen LogP) is 4.31. The van der Waals surface area contributed by atoms with Gasteiger partial charge in [-0.15, -0.1) is 0 Å². The molecule has 0 unspecified atom stereocenters. The first kappa shape index (κ1) is 23.9. The zero-order valence-corrected chi connectivity index (χ0v) is 18.1. The van der Waals surface area contributed by atoms with Crippen LogP contribution in [0.2, 0.25) is 5.02 Å². The summed E-state index contributed by atoms with van der Waals surface area (Å²) in [6.45, 7) is 0.280. The predicted molar refractivity (Wildman–Crippen MR) is 121 cm³/mol. The van der Waals surface area contributed by atoms with Gasteiger partial charge in [0, 0.05) is 30.8 Å². The lowest BCUT2D eigenvalue weighted by molar-refractivity contribution is -0.121. The molecule has 3 aromatic rings. The Morgan fingerprint density at radius 2 is 1.58 bits per heavy atom. The number of carbonyl (C=O) groups excluding carboxylic acids is 3. The molecule has 0 saturated carbocycles. The van der Waals surface area contributed by atoms with Crippen molar-refractivity contribution in [1.29, 1.82) is 0 Å². The van der Waals surface area contributed by atoms with Gasteiger partial charge in [-0.3, -0.25) is 14.4 Å². The first-order valence-electron chi connectivity index (χ1n) is 9.97. The molecular formula is C24H20ClF2N3O3. The van der Waals surface area contributed by atoms with Crippen molar-refractivity contribution in [3.63, 3.8) is 0 Å². The number of anilines is 1. The molecule has 0 aromatic heterocycles. The number of hydrogen-bond acceptors (Lipinski definition) is 3. The molecule has 0 saturated heterocycles. The highest BCUT2D eigenvalue weighted by molar-refractivity contribution is 6.33. The van der Waals surface area contributed by atoms with Crippen molar-refractivity contribution in [1.82, 2.24) is 10.6 Å². The monoisotopic (exact) mass is 471 g/mol. The molecule has 0 radical (unpaired) electrons. The van der Waals surface area contributed by atoms with Crippen LogP contribution in [0.25, 0.3) is 0 Å². The fraction of sp³-hybridized carbons (Fsp3) is 0.125. The minimum Gasteiger partial charge on any atom is -0.352 e. The molecule has 3 N–H and O–H groups in total. The van der Waals surface area contributed by atoms with E-state index in [0.717, 1.165) is 23.8 Å². The van der Waals surface area contributed by atoms with Gasteiger partial charge in [-0.25, -0.2) is 8.78 Å². The summed E-state index contributed by atoms with van der Waals surface area (Å²) in [6, 6.07) is 15.6. The van der Waals surface area contributed by atoms with Crippen molar-refractivity contribution in [3.05, 3.63) is 100 Å². The van der Waals surface area contributed by atoms with Gasteiger partial charge in [0.1, 0.15) is 11.6 Å². The smallest absolute Gasteiger partial charge is 0.255 e. The van der Waals surface area contributed by atoms with Crippen LogP contribution in [0.15, 0.2) is 66.7 Å². The van der Waals surface area contributed by atoms with E-state index in [1.54, 1.807) is 24.3 Å². The Kier molecular flexibility index (Phi) is 8.10. The van der Waals surface area contributed by atoms with Crippen LogP contribution in [-0.2, 0) is 11.3 Å². The van der Waals surface area contributed by atoms with Gasteiger partial charge < -0.3 is 16.0 Å². The average molecular weight is 472 g/mol. The second-order valence-corrected chi connectivity index (χ2v) is 7.48. The Morgan fingerprint density at radius 3 is 2.33 bits per heavy atom. The maximum atomic E-state index is 13.3. The minimum absolute atomic E-state index is 0.0127. The molecule has 3 aromatic carbocycles. The summed E-state index contributed by atoms with van der Waals surface area (Å²) in [6.07, 6.45) is 0.0283. The van der Waals surface area contributed by atoms with Gasteiger partial charge in [-0.05, 0) is 54.1 Å². The van der Waals surface area contributed by atoms with Crippen LogP contribution in [-0.4, -0.2) is 24.3 Å². The van der Waals surface area contributed by atoms with Crippen LogP contribution in [0, 0.1) is 11.6 Å². The number of rotatable bonds is 8. The Morgan fingerprint density at radius 1 is 0.818 bits per heavy atom. The molecule has 0 aliphatic rings. The van der Waals surface area contributed by atoms with Gasteiger partial charge >= 0.3 is 0 Å². The van der Waals surface area contributed by atoms with Gasteiger partial charge in [0.15, 0.2) is 0 Å². The van der Waals surface area contributed by atoms with E-state index in [1.807, 2.05) is 0 Å². The fourth-order valence-corrected chi connectivity index (χ4v) is 3.19. The molecule has 0 spiro atoms. The lowest BCUT2D eigenvalue weighted by Gasteiger charge is -2.10. The van der Waals surface area contributed by atoms with Crippen molar-refractivity contribution in [2.24, 2.45) is 0 Å².